The van der Waals surface area contributed by atoms with E-state index < -0.39 is 0 Å². The lowest BCUT2D eigenvalue weighted by molar-refractivity contribution is 0.306. The molecule has 0 saturated carbocycles. The van der Waals surface area contributed by atoms with Crippen LogP contribution in [0.2, 0.25) is 5.02 Å². The third-order valence-corrected chi connectivity index (χ3v) is 2.78. The van der Waals surface area contributed by atoms with Crippen molar-refractivity contribution in [3.63, 3.8) is 0 Å². The van der Waals surface area contributed by atoms with Crippen LogP contribution in [0.4, 0.5) is 0 Å². The van der Waals surface area contributed by atoms with Crippen LogP contribution >= 0.6 is 11.6 Å². The van der Waals surface area contributed by atoms with Crippen molar-refractivity contribution in [2.45, 2.75) is 39.2 Å². The van der Waals surface area contributed by atoms with Gasteiger partial charge >= 0.3 is 0 Å². The average molecular weight is 242 g/mol. The van der Waals surface area contributed by atoms with E-state index in [0.29, 0.717) is 5.02 Å². The largest absolute Gasteiger partial charge is 0.492 e. The van der Waals surface area contributed by atoms with E-state index in [1.807, 2.05) is 25.1 Å². The molecular weight excluding hydrogens is 222 g/mol. The molecule has 0 amide bonds. The summed E-state index contributed by atoms with van der Waals surface area (Å²) in [5.41, 5.74) is 6.81. The Morgan fingerprint density at radius 3 is 2.69 bits per heavy atom. The van der Waals surface area contributed by atoms with Crippen LogP contribution in [0, 0.1) is 0 Å². The molecule has 1 rings (SSSR count). The predicted octanol–water partition coefficient (Wildman–Crippen LogP) is 3.93. The van der Waals surface area contributed by atoms with E-state index in [0.717, 1.165) is 24.3 Å². The standard InChI is InChI=1S/C13H20ClNO/c1-3-4-5-8-16-13-7-6-11(10(2)15)9-12(13)14/h6-7,9-10H,3-5,8,15H2,1-2H3/t10-/m0/s1. The Hall–Kier alpha value is -0.730. The number of hydrogen-bond acceptors (Lipinski definition) is 2. The maximum atomic E-state index is 6.11. The maximum absolute atomic E-state index is 6.11. The summed E-state index contributed by atoms with van der Waals surface area (Å²) in [6.45, 7) is 4.84. The van der Waals surface area contributed by atoms with Crippen molar-refractivity contribution in [3.05, 3.63) is 28.8 Å². The molecule has 0 aliphatic rings. The molecule has 2 N–H and O–H groups in total. The first-order chi connectivity index (χ1) is 7.65. The highest BCUT2D eigenvalue weighted by Gasteiger charge is 2.05. The number of halogens is 1. The summed E-state index contributed by atoms with van der Waals surface area (Å²) >= 11 is 6.11. The summed E-state index contributed by atoms with van der Waals surface area (Å²) in [7, 11) is 0. The zero-order chi connectivity index (χ0) is 12.0. The molecule has 3 heteroatoms. The van der Waals surface area contributed by atoms with E-state index in [2.05, 4.69) is 6.92 Å². The molecule has 0 spiro atoms. The van der Waals surface area contributed by atoms with E-state index in [1.54, 1.807) is 0 Å². The smallest absolute Gasteiger partial charge is 0.137 e. The monoisotopic (exact) mass is 241 g/mol. The number of hydrogen-bond donors (Lipinski definition) is 1. The zero-order valence-corrected chi connectivity index (χ0v) is 10.8. The van der Waals surface area contributed by atoms with Crippen molar-refractivity contribution in [2.24, 2.45) is 5.73 Å². The molecule has 0 radical (unpaired) electrons. The number of benzene rings is 1. The third kappa shape index (κ3) is 4.03. The number of rotatable bonds is 6. The summed E-state index contributed by atoms with van der Waals surface area (Å²) in [5.74, 6) is 0.752. The van der Waals surface area contributed by atoms with Crippen LogP contribution in [0.5, 0.6) is 5.75 Å². The Bertz CT molecular complexity index is 326. The molecule has 0 aliphatic heterocycles. The SMILES string of the molecule is CCCCCOc1ccc([C@H](C)N)cc1Cl. The minimum atomic E-state index is 0.00615. The summed E-state index contributed by atoms with van der Waals surface area (Å²) in [5, 5.41) is 0.645. The average Bonchev–Trinajstić information content (AvgIpc) is 2.26. The van der Waals surface area contributed by atoms with Crippen LogP contribution in [0.1, 0.15) is 44.7 Å². The highest BCUT2D eigenvalue weighted by Crippen LogP contribution is 2.27. The first-order valence-electron chi connectivity index (χ1n) is 5.83. The molecule has 0 aliphatic carbocycles. The summed E-state index contributed by atoms with van der Waals surface area (Å²) in [6.07, 6.45) is 3.46. The molecule has 0 saturated heterocycles. The summed E-state index contributed by atoms with van der Waals surface area (Å²) in [6, 6.07) is 5.74. The van der Waals surface area contributed by atoms with E-state index in [4.69, 9.17) is 22.1 Å². The molecule has 90 valence electrons. The highest BCUT2D eigenvalue weighted by molar-refractivity contribution is 6.32. The fraction of sp³-hybridized carbons (Fsp3) is 0.538. The lowest BCUT2D eigenvalue weighted by Gasteiger charge is -2.11. The lowest BCUT2D eigenvalue weighted by Crippen LogP contribution is -2.05. The van der Waals surface area contributed by atoms with Crippen molar-refractivity contribution in [1.29, 1.82) is 0 Å². The number of ether oxygens (including phenoxy) is 1. The van der Waals surface area contributed by atoms with Gasteiger partial charge in [0.25, 0.3) is 0 Å². The van der Waals surface area contributed by atoms with E-state index in [1.165, 1.54) is 12.8 Å². The van der Waals surface area contributed by atoms with Gasteiger partial charge in [0, 0.05) is 6.04 Å². The fourth-order valence-corrected chi connectivity index (χ4v) is 1.70. The van der Waals surface area contributed by atoms with Crippen molar-refractivity contribution in [1.82, 2.24) is 0 Å². The topological polar surface area (TPSA) is 35.2 Å². The second kappa shape index (κ2) is 6.77. The van der Waals surface area contributed by atoms with Crippen LogP contribution in [0.25, 0.3) is 0 Å². The Balaban J connectivity index is 2.54. The highest BCUT2D eigenvalue weighted by atomic mass is 35.5. The van der Waals surface area contributed by atoms with Gasteiger partial charge in [-0.25, -0.2) is 0 Å². The molecule has 2 nitrogen and oxygen atoms in total. The Morgan fingerprint density at radius 1 is 1.38 bits per heavy atom. The first kappa shape index (κ1) is 13.3. The summed E-state index contributed by atoms with van der Waals surface area (Å²) < 4.78 is 5.60. The Morgan fingerprint density at radius 2 is 2.12 bits per heavy atom. The van der Waals surface area contributed by atoms with Gasteiger partial charge < -0.3 is 10.5 Å². The lowest BCUT2D eigenvalue weighted by atomic mass is 10.1. The van der Waals surface area contributed by atoms with E-state index in [9.17, 15) is 0 Å². The second-order valence-corrected chi connectivity index (χ2v) is 4.44. The van der Waals surface area contributed by atoms with Crippen molar-refractivity contribution in [3.8, 4) is 5.75 Å². The van der Waals surface area contributed by atoms with Gasteiger partial charge in [-0.2, -0.15) is 0 Å². The van der Waals surface area contributed by atoms with Crippen molar-refractivity contribution in [2.75, 3.05) is 6.61 Å². The van der Waals surface area contributed by atoms with Gasteiger partial charge in [0.2, 0.25) is 0 Å². The van der Waals surface area contributed by atoms with Crippen LogP contribution in [0.15, 0.2) is 18.2 Å². The molecule has 0 aromatic heterocycles. The van der Waals surface area contributed by atoms with Crippen LogP contribution in [-0.4, -0.2) is 6.61 Å². The number of unbranched alkanes of at least 4 members (excludes halogenated alkanes) is 2. The minimum absolute atomic E-state index is 0.00615. The molecule has 1 aromatic rings. The van der Waals surface area contributed by atoms with Gasteiger partial charge in [0.15, 0.2) is 0 Å². The first-order valence-corrected chi connectivity index (χ1v) is 6.20. The zero-order valence-electron chi connectivity index (χ0n) is 10.0. The van der Waals surface area contributed by atoms with Crippen LogP contribution in [-0.2, 0) is 0 Å². The Labute approximate surface area is 103 Å². The molecule has 0 heterocycles. The number of nitrogens with two attached hydrogens (primary N) is 1. The van der Waals surface area contributed by atoms with Crippen molar-refractivity contribution < 1.29 is 4.74 Å². The van der Waals surface area contributed by atoms with Gasteiger partial charge in [0.05, 0.1) is 11.6 Å². The molecule has 1 atom stereocenters. The molecular formula is C13H20ClNO. The quantitative estimate of drug-likeness (QED) is 0.766. The minimum Gasteiger partial charge on any atom is -0.492 e. The van der Waals surface area contributed by atoms with E-state index in [-0.39, 0.29) is 6.04 Å². The fourth-order valence-electron chi connectivity index (χ4n) is 1.45. The Kier molecular flexibility index (Phi) is 5.64. The third-order valence-electron chi connectivity index (χ3n) is 2.49. The molecule has 0 bridgehead atoms. The molecule has 16 heavy (non-hydrogen) atoms. The molecule has 0 fully saturated rings. The maximum Gasteiger partial charge on any atom is 0.137 e. The molecule has 1 aromatic carbocycles. The van der Waals surface area contributed by atoms with Crippen molar-refractivity contribution >= 4 is 11.6 Å². The normalized spacial score (nSPS) is 12.5. The van der Waals surface area contributed by atoms with E-state index >= 15 is 0 Å². The van der Waals surface area contributed by atoms with Crippen LogP contribution in [0.3, 0.4) is 0 Å². The second-order valence-electron chi connectivity index (χ2n) is 4.03. The van der Waals surface area contributed by atoms with Gasteiger partial charge in [-0.05, 0) is 31.0 Å². The van der Waals surface area contributed by atoms with Gasteiger partial charge in [-0.3, -0.25) is 0 Å². The predicted molar refractivity (Wildman–Crippen MR) is 69.1 cm³/mol. The summed E-state index contributed by atoms with van der Waals surface area (Å²) in [4.78, 5) is 0. The van der Waals surface area contributed by atoms with Gasteiger partial charge in [-0.1, -0.05) is 37.4 Å². The van der Waals surface area contributed by atoms with Gasteiger partial charge in [0.1, 0.15) is 5.75 Å². The van der Waals surface area contributed by atoms with Crippen LogP contribution < -0.4 is 10.5 Å². The van der Waals surface area contributed by atoms with Gasteiger partial charge in [-0.15, -0.1) is 0 Å². The molecule has 0 unspecified atom stereocenters.